The predicted molar refractivity (Wildman–Crippen MR) is 137 cm³/mol. The summed E-state index contributed by atoms with van der Waals surface area (Å²) in [6, 6.07) is 24.3. The van der Waals surface area contributed by atoms with Crippen LogP contribution < -0.4 is 10.6 Å². The Balaban J connectivity index is 0.979. The van der Waals surface area contributed by atoms with Gasteiger partial charge in [-0.1, -0.05) is 65.9 Å². The van der Waals surface area contributed by atoms with Crippen molar-refractivity contribution in [1.82, 2.24) is 25.6 Å². The van der Waals surface area contributed by atoms with E-state index in [1.165, 1.54) is 22.3 Å². The molecular formula is C28H29N5O3. The van der Waals surface area contributed by atoms with Gasteiger partial charge in [-0.15, -0.1) is 5.10 Å². The lowest BCUT2D eigenvalue weighted by Gasteiger charge is -2.14. The second-order valence-electron chi connectivity index (χ2n) is 8.86. The molecule has 0 aliphatic heterocycles. The highest BCUT2D eigenvalue weighted by Crippen LogP contribution is 2.44. The van der Waals surface area contributed by atoms with Crippen molar-refractivity contribution in [2.24, 2.45) is 0 Å². The van der Waals surface area contributed by atoms with Crippen LogP contribution in [0.2, 0.25) is 0 Å². The summed E-state index contributed by atoms with van der Waals surface area (Å²) in [7, 11) is 0. The first-order valence-corrected chi connectivity index (χ1v) is 12.3. The molecule has 4 aromatic rings. The van der Waals surface area contributed by atoms with E-state index in [9.17, 15) is 9.59 Å². The van der Waals surface area contributed by atoms with E-state index in [1.807, 2.05) is 53.2 Å². The zero-order chi connectivity index (χ0) is 24.7. The van der Waals surface area contributed by atoms with Gasteiger partial charge >= 0.3 is 6.09 Å². The summed E-state index contributed by atoms with van der Waals surface area (Å²) in [6.45, 7) is 1.91. The average molecular weight is 484 g/mol. The molecule has 0 bridgehead atoms. The van der Waals surface area contributed by atoms with E-state index in [4.69, 9.17) is 4.74 Å². The number of benzene rings is 3. The highest BCUT2D eigenvalue weighted by Gasteiger charge is 2.28. The number of nitrogens with one attached hydrogen (secondary N) is 2. The third-order valence-corrected chi connectivity index (χ3v) is 6.48. The fourth-order valence-electron chi connectivity index (χ4n) is 4.72. The largest absolute Gasteiger partial charge is 0.449 e. The van der Waals surface area contributed by atoms with Crippen molar-refractivity contribution in [2.75, 3.05) is 19.7 Å². The van der Waals surface area contributed by atoms with Crippen molar-refractivity contribution in [3.8, 4) is 11.1 Å². The summed E-state index contributed by atoms with van der Waals surface area (Å²) in [5.74, 6) is -0.00257. The van der Waals surface area contributed by atoms with Gasteiger partial charge in [-0.25, -0.2) is 9.48 Å². The Labute approximate surface area is 209 Å². The van der Waals surface area contributed by atoms with Crippen LogP contribution in [0.3, 0.4) is 0 Å². The third-order valence-electron chi connectivity index (χ3n) is 6.48. The number of carbonyl (C=O) groups is 2. The van der Waals surface area contributed by atoms with Crippen molar-refractivity contribution < 1.29 is 14.3 Å². The Hall–Kier alpha value is -4.20. The number of ether oxygens (including phenoxy) is 1. The smallest absolute Gasteiger partial charge is 0.407 e. The van der Waals surface area contributed by atoms with E-state index >= 15 is 0 Å². The molecule has 1 aliphatic rings. The lowest BCUT2D eigenvalue weighted by Crippen LogP contribution is -2.29. The number of amides is 2. The van der Waals surface area contributed by atoms with Gasteiger partial charge in [-0.3, -0.25) is 4.79 Å². The summed E-state index contributed by atoms with van der Waals surface area (Å²) in [5.41, 5.74) is 6.61. The van der Waals surface area contributed by atoms with Crippen LogP contribution in [0.25, 0.3) is 22.2 Å². The van der Waals surface area contributed by atoms with Gasteiger partial charge in [-0.2, -0.15) is 0 Å². The fraction of sp³-hybridized carbons (Fsp3) is 0.286. The van der Waals surface area contributed by atoms with Crippen molar-refractivity contribution in [3.05, 3.63) is 83.9 Å². The molecule has 0 radical (unpaired) electrons. The molecule has 36 heavy (non-hydrogen) atoms. The number of hydrogen-bond acceptors (Lipinski definition) is 5. The highest BCUT2D eigenvalue weighted by atomic mass is 16.5. The molecule has 8 heteroatoms. The lowest BCUT2D eigenvalue weighted by atomic mass is 9.98. The normalized spacial score (nSPS) is 12.2. The van der Waals surface area contributed by atoms with Gasteiger partial charge in [0.15, 0.2) is 0 Å². The van der Waals surface area contributed by atoms with Crippen LogP contribution in [0, 0.1) is 0 Å². The van der Waals surface area contributed by atoms with Crippen LogP contribution in [0.4, 0.5) is 4.79 Å². The minimum absolute atomic E-state index is 0.0319. The molecule has 0 unspecified atom stereocenters. The molecule has 5 rings (SSSR count). The summed E-state index contributed by atoms with van der Waals surface area (Å²) < 4.78 is 7.38. The molecular weight excluding hydrogens is 454 g/mol. The number of aryl methyl sites for hydroxylation is 1. The Morgan fingerprint density at radius 1 is 0.833 bits per heavy atom. The van der Waals surface area contributed by atoms with Gasteiger partial charge in [0.2, 0.25) is 5.91 Å². The van der Waals surface area contributed by atoms with Crippen molar-refractivity contribution >= 4 is 23.0 Å². The van der Waals surface area contributed by atoms with Crippen LogP contribution in [0.5, 0.6) is 0 Å². The molecule has 2 N–H and O–H groups in total. The maximum atomic E-state index is 12.2. The lowest BCUT2D eigenvalue weighted by molar-refractivity contribution is -0.121. The molecule has 8 nitrogen and oxygen atoms in total. The van der Waals surface area contributed by atoms with Crippen molar-refractivity contribution in [1.29, 1.82) is 0 Å². The van der Waals surface area contributed by atoms with Crippen LogP contribution in [0.15, 0.2) is 72.8 Å². The Bertz CT molecular complexity index is 1320. The highest BCUT2D eigenvalue weighted by molar-refractivity contribution is 5.79. The first-order chi connectivity index (χ1) is 17.7. The first-order valence-electron chi connectivity index (χ1n) is 12.3. The molecule has 0 spiro atoms. The third kappa shape index (κ3) is 5.22. The van der Waals surface area contributed by atoms with Gasteiger partial charge in [-0.05, 0) is 47.2 Å². The minimum atomic E-state index is -0.461. The molecule has 1 heterocycles. The molecule has 0 saturated heterocycles. The minimum Gasteiger partial charge on any atom is -0.449 e. The van der Waals surface area contributed by atoms with Crippen molar-refractivity contribution in [2.45, 2.75) is 31.7 Å². The maximum absolute atomic E-state index is 12.2. The monoisotopic (exact) mass is 483 g/mol. The summed E-state index contributed by atoms with van der Waals surface area (Å²) >= 11 is 0. The van der Waals surface area contributed by atoms with Crippen LogP contribution in [-0.2, 0) is 16.1 Å². The first kappa shape index (κ1) is 23.5. The summed E-state index contributed by atoms with van der Waals surface area (Å²) in [4.78, 5) is 24.3. The fourth-order valence-corrected chi connectivity index (χ4v) is 4.72. The standard InChI is InChI=1S/C28H29N5O3/c34-27(29-17-8-18-33-26-14-6-5-13-25(26)31-32-33)15-7-16-30-28(35)36-19-24-22-11-3-1-9-20(22)21-10-2-4-12-23(21)24/h1-6,9-14,24H,7-8,15-19H2,(H,29,34)(H,30,35). The molecule has 0 atom stereocenters. The van der Waals surface area contributed by atoms with Crippen molar-refractivity contribution in [3.63, 3.8) is 0 Å². The average Bonchev–Trinajstić information content (AvgIpc) is 3.47. The van der Waals surface area contributed by atoms with E-state index in [0.717, 1.165) is 17.5 Å². The molecule has 0 saturated carbocycles. The number of nitrogens with zero attached hydrogens (tertiary/aromatic N) is 3. The van der Waals surface area contributed by atoms with Crippen LogP contribution >= 0.6 is 0 Å². The van der Waals surface area contributed by atoms with E-state index in [1.54, 1.807) is 0 Å². The number of aromatic nitrogens is 3. The summed E-state index contributed by atoms with van der Waals surface area (Å²) in [5, 5.41) is 14.0. The zero-order valence-electron chi connectivity index (χ0n) is 20.0. The topological polar surface area (TPSA) is 98.1 Å². The number of carbonyl (C=O) groups excluding carboxylic acids is 2. The number of fused-ring (bicyclic) bond motifs is 4. The van der Waals surface area contributed by atoms with Gasteiger partial charge in [0.1, 0.15) is 12.1 Å². The Kier molecular flexibility index (Phi) is 7.21. The number of para-hydroxylation sites is 1. The number of alkyl carbamates (subject to hydrolysis) is 1. The van der Waals surface area contributed by atoms with Crippen LogP contribution in [0.1, 0.15) is 36.3 Å². The second kappa shape index (κ2) is 11.0. The molecule has 3 aromatic carbocycles. The maximum Gasteiger partial charge on any atom is 0.407 e. The van der Waals surface area contributed by atoms with Gasteiger partial charge in [0.05, 0.1) is 5.52 Å². The molecule has 1 aromatic heterocycles. The predicted octanol–water partition coefficient (Wildman–Crippen LogP) is 4.26. The molecule has 0 fully saturated rings. The Morgan fingerprint density at radius 2 is 1.50 bits per heavy atom. The molecule has 1 aliphatic carbocycles. The van der Waals surface area contributed by atoms with Crippen LogP contribution in [-0.4, -0.2) is 46.7 Å². The second-order valence-corrected chi connectivity index (χ2v) is 8.86. The molecule has 2 amide bonds. The van der Waals surface area contributed by atoms with E-state index in [-0.39, 0.29) is 18.4 Å². The van der Waals surface area contributed by atoms with E-state index in [2.05, 4.69) is 45.2 Å². The molecule has 184 valence electrons. The van der Waals surface area contributed by atoms with E-state index in [0.29, 0.717) is 32.5 Å². The van der Waals surface area contributed by atoms with Gasteiger partial charge in [0.25, 0.3) is 0 Å². The van der Waals surface area contributed by atoms with E-state index < -0.39 is 6.09 Å². The SMILES string of the molecule is O=C(CCCNC(=O)OCC1c2ccccc2-c2ccccc21)NCCCn1nnc2ccccc21. The Morgan fingerprint density at radius 3 is 2.28 bits per heavy atom. The summed E-state index contributed by atoms with van der Waals surface area (Å²) in [6.07, 6.45) is 1.19. The quantitative estimate of drug-likeness (QED) is 0.329. The van der Waals surface area contributed by atoms with Gasteiger partial charge < -0.3 is 15.4 Å². The number of rotatable bonds is 10. The van der Waals surface area contributed by atoms with Gasteiger partial charge in [0, 0.05) is 32.0 Å². The number of hydrogen-bond donors (Lipinski definition) is 2. The zero-order valence-corrected chi connectivity index (χ0v) is 20.0.